The van der Waals surface area contributed by atoms with Gasteiger partial charge in [0.15, 0.2) is 5.13 Å². The van der Waals surface area contributed by atoms with E-state index < -0.39 is 0 Å². The Morgan fingerprint density at radius 3 is 2.69 bits per heavy atom. The Labute approximate surface area is 175 Å². The molecule has 0 unspecified atom stereocenters. The summed E-state index contributed by atoms with van der Waals surface area (Å²) >= 11 is 1.36. The summed E-state index contributed by atoms with van der Waals surface area (Å²) < 4.78 is 5.40. The fourth-order valence-corrected chi connectivity index (χ4v) is 3.98. The number of rotatable bonds is 9. The molecule has 7 nitrogen and oxygen atoms in total. The standard InChI is InChI=1S/C21H28N4O3S/c1-2-18(17-6-4-3-5-7-17)20(27)25(10-9-24-11-13-28-14-12-24)16-19(26)23-21-22-8-15-29-21/h3-8,15,18H,2,9-14,16H2,1H3,(H,22,23,26)/t18-/m0/s1. The first kappa shape index (κ1) is 21.4. The minimum atomic E-state index is -0.256. The number of anilines is 1. The predicted octanol–water partition coefficient (Wildman–Crippen LogP) is 2.44. The fourth-order valence-electron chi connectivity index (χ4n) is 3.43. The van der Waals surface area contributed by atoms with E-state index in [-0.39, 0.29) is 24.3 Å². The monoisotopic (exact) mass is 416 g/mol. The molecule has 1 atom stereocenters. The normalized spacial score (nSPS) is 15.6. The molecule has 2 amide bonds. The van der Waals surface area contributed by atoms with Gasteiger partial charge in [-0.3, -0.25) is 14.5 Å². The van der Waals surface area contributed by atoms with Crippen LogP contribution in [0.1, 0.15) is 24.8 Å². The van der Waals surface area contributed by atoms with Gasteiger partial charge in [-0.15, -0.1) is 11.3 Å². The Balaban J connectivity index is 1.69. The molecule has 1 fully saturated rings. The van der Waals surface area contributed by atoms with Gasteiger partial charge in [-0.05, 0) is 12.0 Å². The quantitative estimate of drug-likeness (QED) is 0.680. The molecule has 0 bridgehead atoms. The van der Waals surface area contributed by atoms with E-state index >= 15 is 0 Å². The van der Waals surface area contributed by atoms with Crippen LogP contribution in [0.3, 0.4) is 0 Å². The van der Waals surface area contributed by atoms with Crippen molar-refractivity contribution in [3.8, 4) is 0 Å². The van der Waals surface area contributed by atoms with Gasteiger partial charge in [-0.25, -0.2) is 4.98 Å². The summed E-state index contributed by atoms with van der Waals surface area (Å²) in [5.74, 6) is -0.493. The third-order valence-corrected chi connectivity index (χ3v) is 5.71. The molecule has 2 heterocycles. The summed E-state index contributed by atoms with van der Waals surface area (Å²) in [7, 11) is 0. The molecule has 156 valence electrons. The maximum atomic E-state index is 13.4. The second-order valence-electron chi connectivity index (χ2n) is 6.97. The number of ether oxygens (including phenoxy) is 1. The Bertz CT molecular complexity index is 763. The van der Waals surface area contributed by atoms with Crippen LogP contribution in [-0.4, -0.2) is 72.5 Å². The van der Waals surface area contributed by atoms with Crippen LogP contribution in [0.25, 0.3) is 0 Å². The van der Waals surface area contributed by atoms with Gasteiger partial charge in [0, 0.05) is 37.8 Å². The minimum Gasteiger partial charge on any atom is -0.379 e. The number of amides is 2. The SMILES string of the molecule is CC[C@H](C(=O)N(CCN1CCOCC1)CC(=O)Nc1nccs1)c1ccccc1. The van der Waals surface area contributed by atoms with Crippen LogP contribution < -0.4 is 5.32 Å². The largest absolute Gasteiger partial charge is 0.379 e. The van der Waals surface area contributed by atoms with Crippen molar-refractivity contribution in [2.75, 3.05) is 51.3 Å². The molecule has 8 heteroatoms. The Morgan fingerprint density at radius 1 is 1.28 bits per heavy atom. The van der Waals surface area contributed by atoms with Crippen molar-refractivity contribution < 1.29 is 14.3 Å². The van der Waals surface area contributed by atoms with Crippen molar-refractivity contribution in [3.05, 3.63) is 47.5 Å². The van der Waals surface area contributed by atoms with Crippen molar-refractivity contribution in [2.24, 2.45) is 0 Å². The van der Waals surface area contributed by atoms with E-state index in [0.29, 0.717) is 31.3 Å². The summed E-state index contributed by atoms with van der Waals surface area (Å²) in [4.78, 5) is 34.0. The van der Waals surface area contributed by atoms with E-state index in [1.807, 2.05) is 37.3 Å². The summed E-state index contributed by atoms with van der Waals surface area (Å²) in [5.41, 5.74) is 0.983. The number of aromatic nitrogens is 1. The Morgan fingerprint density at radius 2 is 2.03 bits per heavy atom. The highest BCUT2D eigenvalue weighted by molar-refractivity contribution is 7.13. The van der Waals surface area contributed by atoms with Gasteiger partial charge in [0.05, 0.1) is 25.7 Å². The van der Waals surface area contributed by atoms with Gasteiger partial charge in [-0.2, -0.15) is 0 Å². The first-order valence-corrected chi connectivity index (χ1v) is 10.9. The molecule has 1 N–H and O–H groups in total. The molecule has 0 radical (unpaired) electrons. The second kappa shape index (κ2) is 11.0. The van der Waals surface area contributed by atoms with Crippen LogP contribution in [-0.2, 0) is 14.3 Å². The van der Waals surface area contributed by atoms with Crippen LogP contribution >= 0.6 is 11.3 Å². The van der Waals surface area contributed by atoms with Gasteiger partial charge in [0.2, 0.25) is 11.8 Å². The van der Waals surface area contributed by atoms with Crippen LogP contribution in [0.2, 0.25) is 0 Å². The lowest BCUT2D eigenvalue weighted by atomic mass is 9.95. The number of nitrogens with zero attached hydrogens (tertiary/aromatic N) is 3. The van der Waals surface area contributed by atoms with Gasteiger partial charge in [-0.1, -0.05) is 37.3 Å². The van der Waals surface area contributed by atoms with Crippen LogP contribution in [0.15, 0.2) is 41.9 Å². The summed E-state index contributed by atoms with van der Waals surface area (Å²) in [6.07, 6.45) is 2.33. The van der Waals surface area contributed by atoms with E-state index in [2.05, 4.69) is 15.2 Å². The lowest BCUT2D eigenvalue weighted by Crippen LogP contribution is -2.46. The maximum absolute atomic E-state index is 13.4. The molecule has 1 aromatic heterocycles. The number of carbonyl (C=O) groups is 2. The van der Waals surface area contributed by atoms with Crippen molar-refractivity contribution in [1.29, 1.82) is 0 Å². The zero-order valence-corrected chi connectivity index (χ0v) is 17.6. The molecule has 2 aromatic rings. The van der Waals surface area contributed by atoms with Crippen LogP contribution in [0.4, 0.5) is 5.13 Å². The zero-order chi connectivity index (χ0) is 20.5. The highest BCUT2D eigenvalue weighted by atomic mass is 32.1. The molecule has 3 rings (SSSR count). The van der Waals surface area contributed by atoms with Crippen LogP contribution in [0.5, 0.6) is 0 Å². The average molecular weight is 417 g/mol. The average Bonchev–Trinajstić information content (AvgIpc) is 3.26. The van der Waals surface area contributed by atoms with E-state index in [0.717, 1.165) is 25.2 Å². The molecule has 0 saturated carbocycles. The minimum absolute atomic E-state index is 0.0127. The van der Waals surface area contributed by atoms with Gasteiger partial charge < -0.3 is 15.0 Å². The van der Waals surface area contributed by atoms with E-state index in [1.54, 1.807) is 16.5 Å². The molecule has 0 spiro atoms. The number of morpholine rings is 1. The van der Waals surface area contributed by atoms with Gasteiger partial charge in [0.1, 0.15) is 0 Å². The summed E-state index contributed by atoms with van der Waals surface area (Å²) in [6, 6.07) is 9.78. The third kappa shape index (κ3) is 6.35. The summed E-state index contributed by atoms with van der Waals surface area (Å²) in [6.45, 7) is 6.38. The highest BCUT2D eigenvalue weighted by Gasteiger charge is 2.26. The number of nitrogens with one attached hydrogen (secondary N) is 1. The smallest absolute Gasteiger partial charge is 0.245 e. The Kier molecular flexibility index (Phi) is 8.15. The van der Waals surface area contributed by atoms with E-state index in [4.69, 9.17) is 4.74 Å². The molecule has 29 heavy (non-hydrogen) atoms. The number of benzene rings is 1. The number of hydrogen-bond acceptors (Lipinski definition) is 6. The molecule has 1 aromatic carbocycles. The van der Waals surface area contributed by atoms with Crippen LogP contribution in [0, 0.1) is 0 Å². The predicted molar refractivity (Wildman–Crippen MR) is 114 cm³/mol. The molecule has 1 aliphatic heterocycles. The second-order valence-corrected chi connectivity index (χ2v) is 7.87. The van der Waals surface area contributed by atoms with Crippen molar-refractivity contribution in [1.82, 2.24) is 14.8 Å². The molecule has 0 aliphatic carbocycles. The molecule has 1 saturated heterocycles. The van der Waals surface area contributed by atoms with Crippen molar-refractivity contribution in [3.63, 3.8) is 0 Å². The van der Waals surface area contributed by atoms with Crippen molar-refractivity contribution in [2.45, 2.75) is 19.3 Å². The lowest BCUT2D eigenvalue weighted by Gasteiger charge is -2.31. The van der Waals surface area contributed by atoms with Gasteiger partial charge >= 0.3 is 0 Å². The first-order valence-electron chi connectivity index (χ1n) is 10.0. The fraction of sp³-hybridized carbons (Fsp3) is 0.476. The van der Waals surface area contributed by atoms with Gasteiger partial charge in [0.25, 0.3) is 0 Å². The molecular weight excluding hydrogens is 388 g/mol. The molecular formula is C21H28N4O3S. The lowest BCUT2D eigenvalue weighted by molar-refractivity contribution is -0.136. The zero-order valence-electron chi connectivity index (χ0n) is 16.8. The number of hydrogen-bond donors (Lipinski definition) is 1. The molecule has 1 aliphatic rings. The number of carbonyl (C=O) groups excluding carboxylic acids is 2. The number of thiazole rings is 1. The Hall–Kier alpha value is -2.29. The first-order chi connectivity index (χ1) is 14.2. The summed E-state index contributed by atoms with van der Waals surface area (Å²) in [5, 5.41) is 5.13. The van der Waals surface area contributed by atoms with Crippen molar-refractivity contribution >= 4 is 28.3 Å². The van der Waals surface area contributed by atoms with E-state index in [1.165, 1.54) is 11.3 Å². The topological polar surface area (TPSA) is 74.8 Å². The highest BCUT2D eigenvalue weighted by Crippen LogP contribution is 2.22. The third-order valence-electron chi connectivity index (χ3n) is 5.02. The van der Waals surface area contributed by atoms with E-state index in [9.17, 15) is 9.59 Å². The maximum Gasteiger partial charge on any atom is 0.245 e.